The molecule has 0 unspecified atom stereocenters. The third kappa shape index (κ3) is 11.1. The van der Waals surface area contributed by atoms with Crippen LogP contribution in [0.3, 0.4) is 0 Å². The normalized spacial score (nSPS) is 12.0. The largest absolute Gasteiger partial charge is 0.496 e. The lowest BCUT2D eigenvalue weighted by Gasteiger charge is -2.29. The topological polar surface area (TPSA) is 238 Å². The van der Waals surface area contributed by atoms with Crippen molar-refractivity contribution >= 4 is 67.3 Å². The number of aliphatic carboxylic acids is 1. The van der Waals surface area contributed by atoms with E-state index in [0.717, 1.165) is 18.2 Å². The molecule has 0 saturated heterocycles. The maximum Gasteiger partial charge on any atom is 0.324 e. The van der Waals surface area contributed by atoms with Crippen molar-refractivity contribution in [3.8, 4) is 23.0 Å². The van der Waals surface area contributed by atoms with E-state index in [1.807, 2.05) is 45.0 Å². The zero-order valence-corrected chi connectivity index (χ0v) is 35.2. The lowest BCUT2D eigenvalue weighted by molar-refractivity contribution is -0.138. The van der Waals surface area contributed by atoms with E-state index in [1.165, 1.54) is 19.1 Å². The summed E-state index contributed by atoms with van der Waals surface area (Å²) in [6.45, 7) is 6.30. The molecule has 3 amide bonds. The fourth-order valence-electron chi connectivity index (χ4n) is 6.47. The number of benzene rings is 4. The van der Waals surface area contributed by atoms with Crippen molar-refractivity contribution in [2.75, 3.05) is 42.0 Å². The number of nitrogens with two attached hydrogens (primary N) is 2. The summed E-state index contributed by atoms with van der Waals surface area (Å²) in [6.07, 6.45) is 5.03. The number of carbonyl (C=O) groups is 3. The van der Waals surface area contributed by atoms with Crippen LogP contribution in [0.5, 0.6) is 23.0 Å². The van der Waals surface area contributed by atoms with Crippen molar-refractivity contribution in [3.05, 3.63) is 96.2 Å². The number of ether oxygens (including phenoxy) is 3. The Morgan fingerprint density at radius 3 is 2.27 bits per heavy atom. The average molecular weight is 842 g/mol. The van der Waals surface area contributed by atoms with Gasteiger partial charge in [0.15, 0.2) is 5.75 Å². The molecule has 0 fully saturated rings. The van der Waals surface area contributed by atoms with Crippen LogP contribution in [-0.4, -0.2) is 69.5 Å². The maximum atomic E-state index is 13.4. The van der Waals surface area contributed by atoms with Crippen LogP contribution in [0.2, 0.25) is 0 Å². The smallest absolute Gasteiger partial charge is 0.324 e. The van der Waals surface area contributed by atoms with Crippen molar-refractivity contribution in [2.24, 2.45) is 11.5 Å². The third-order valence-corrected chi connectivity index (χ3v) is 10.1. The summed E-state index contributed by atoms with van der Waals surface area (Å²) in [4.78, 5) is 42.9. The minimum absolute atomic E-state index is 0.105. The van der Waals surface area contributed by atoms with E-state index in [4.69, 9.17) is 30.8 Å². The molecule has 17 heteroatoms. The molecule has 0 radical (unpaired) electrons. The van der Waals surface area contributed by atoms with Crippen molar-refractivity contribution in [1.29, 1.82) is 0 Å². The van der Waals surface area contributed by atoms with E-state index in [1.54, 1.807) is 60.8 Å². The number of amides is 3. The number of carbonyl (C=O) groups excluding carboxylic acids is 2. The molecule has 5 aromatic rings. The van der Waals surface area contributed by atoms with Crippen LogP contribution in [0.4, 0.5) is 33.4 Å². The van der Waals surface area contributed by atoms with E-state index in [0.29, 0.717) is 76.6 Å². The number of unbranched alkanes of at least 4 members (excludes halogenated alkanes) is 2. The summed E-state index contributed by atoms with van der Waals surface area (Å²) >= 11 is 0. The number of sulfonamides is 1. The highest BCUT2D eigenvalue weighted by Gasteiger charge is 2.28. The van der Waals surface area contributed by atoms with Gasteiger partial charge in [-0.2, -0.15) is 0 Å². The van der Waals surface area contributed by atoms with Gasteiger partial charge in [-0.15, -0.1) is 0 Å². The monoisotopic (exact) mass is 841 g/mol. The fourth-order valence-corrected chi connectivity index (χ4v) is 7.02. The van der Waals surface area contributed by atoms with Crippen LogP contribution < -0.4 is 45.9 Å². The first-order valence-corrected chi connectivity index (χ1v) is 21.0. The molecule has 0 bridgehead atoms. The standard InChI is InChI=1S/C43H51N7O9S/c1-43(2,3)26-22-33(49-60(6,55)56)39(58-5)35(23-26)50(42(45)54)34-17-18-36(30-13-10-9-12-29(30)34)59-28-19-21-46-38(25-28)48-27-15-16-31(37(24-27)57-4)40(51)47-20-11-7-8-14-32(44)41(52)53/h9-10,12-13,15-19,21-25,32,49H,7-8,11,14,20,44H2,1-6H3,(H2,45,54)(H,46,48)(H,47,51)(H,52,53)/t32-/m1/s1. The molecule has 1 aromatic heterocycles. The fraction of sp³-hybridized carbons (Fsp3) is 0.302. The quantitative estimate of drug-likeness (QED) is 0.0474. The highest BCUT2D eigenvalue weighted by molar-refractivity contribution is 7.92. The van der Waals surface area contributed by atoms with E-state index in [9.17, 15) is 22.8 Å². The van der Waals surface area contributed by atoms with Gasteiger partial charge in [-0.25, -0.2) is 18.2 Å². The highest BCUT2D eigenvalue weighted by atomic mass is 32.2. The Morgan fingerprint density at radius 2 is 1.62 bits per heavy atom. The number of aromatic nitrogens is 1. The molecular weight excluding hydrogens is 791 g/mol. The molecule has 0 aliphatic carbocycles. The summed E-state index contributed by atoms with van der Waals surface area (Å²) < 4.78 is 45.0. The van der Waals surface area contributed by atoms with Gasteiger partial charge < -0.3 is 41.4 Å². The van der Waals surface area contributed by atoms with Gasteiger partial charge in [-0.05, 0) is 66.3 Å². The number of rotatable bonds is 18. The first-order valence-electron chi connectivity index (χ1n) is 19.1. The molecule has 8 N–H and O–H groups in total. The van der Waals surface area contributed by atoms with Crippen molar-refractivity contribution in [3.63, 3.8) is 0 Å². The van der Waals surface area contributed by atoms with Gasteiger partial charge in [-0.3, -0.25) is 19.2 Å². The number of fused-ring (bicyclic) bond motifs is 1. The number of pyridine rings is 1. The molecule has 16 nitrogen and oxygen atoms in total. The summed E-state index contributed by atoms with van der Waals surface area (Å²) in [7, 11) is -0.873. The van der Waals surface area contributed by atoms with Gasteiger partial charge in [0, 0.05) is 41.3 Å². The first-order chi connectivity index (χ1) is 28.4. The Bertz CT molecular complexity index is 2490. The van der Waals surface area contributed by atoms with Crippen molar-refractivity contribution < 1.29 is 42.1 Å². The number of methoxy groups -OCH3 is 2. The highest BCUT2D eigenvalue weighted by Crippen LogP contribution is 2.46. The maximum absolute atomic E-state index is 13.4. The summed E-state index contributed by atoms with van der Waals surface area (Å²) in [5.74, 6) is 0.473. The molecule has 0 spiro atoms. The van der Waals surface area contributed by atoms with Gasteiger partial charge in [0.25, 0.3) is 5.91 Å². The second kappa shape index (κ2) is 19.0. The summed E-state index contributed by atoms with van der Waals surface area (Å²) in [5.41, 5.74) is 13.7. The molecule has 60 heavy (non-hydrogen) atoms. The average Bonchev–Trinajstić information content (AvgIpc) is 3.18. The van der Waals surface area contributed by atoms with Gasteiger partial charge in [0.2, 0.25) is 10.0 Å². The minimum atomic E-state index is -3.73. The number of hydrogen-bond donors (Lipinski definition) is 6. The van der Waals surface area contributed by atoms with Crippen LogP contribution in [-0.2, 0) is 20.2 Å². The molecule has 0 saturated carbocycles. The number of primary amides is 1. The van der Waals surface area contributed by atoms with Crippen LogP contribution >= 0.6 is 0 Å². The Balaban J connectivity index is 1.38. The molecule has 318 valence electrons. The van der Waals surface area contributed by atoms with Crippen LogP contribution in [0, 0.1) is 0 Å². The predicted molar refractivity (Wildman–Crippen MR) is 233 cm³/mol. The molecule has 1 atom stereocenters. The number of hydrogen-bond acceptors (Lipinski definition) is 11. The number of urea groups is 1. The van der Waals surface area contributed by atoms with Gasteiger partial charge >= 0.3 is 12.0 Å². The SMILES string of the molecule is COc1cc(Nc2cc(Oc3ccc(N(C(N)=O)c4cc(C(C)(C)C)cc(NS(C)(=O)=O)c4OC)c4ccccc34)ccn2)ccc1C(=O)NCCCCC[C@@H](N)C(=O)O. The van der Waals surface area contributed by atoms with Gasteiger partial charge in [0.1, 0.15) is 29.1 Å². The van der Waals surface area contributed by atoms with E-state index < -0.39 is 33.5 Å². The van der Waals surface area contributed by atoms with Crippen molar-refractivity contribution in [1.82, 2.24) is 10.3 Å². The number of nitrogens with zero attached hydrogens (tertiary/aromatic N) is 2. The second-order valence-electron chi connectivity index (χ2n) is 15.1. The van der Waals surface area contributed by atoms with E-state index in [2.05, 4.69) is 20.3 Å². The number of carboxylic acids is 1. The summed E-state index contributed by atoms with van der Waals surface area (Å²) in [5, 5.41) is 16.3. The number of anilines is 5. The van der Waals surface area contributed by atoms with Crippen molar-refractivity contribution in [2.45, 2.75) is 57.9 Å². The Hall–Kier alpha value is -6.59. The van der Waals surface area contributed by atoms with Gasteiger partial charge in [0.05, 0.1) is 43.1 Å². The molecule has 1 heterocycles. The zero-order chi connectivity index (χ0) is 43.8. The molecule has 5 rings (SSSR count). The first kappa shape index (κ1) is 44.5. The third-order valence-electron chi connectivity index (χ3n) is 9.47. The van der Waals surface area contributed by atoms with Crippen LogP contribution in [0.15, 0.2) is 85.1 Å². The zero-order valence-electron chi connectivity index (χ0n) is 34.4. The van der Waals surface area contributed by atoms with Crippen LogP contribution in [0.1, 0.15) is 62.4 Å². The minimum Gasteiger partial charge on any atom is -0.496 e. The molecular formula is C43H51N7O9S. The van der Waals surface area contributed by atoms with Gasteiger partial charge in [-0.1, -0.05) is 57.9 Å². The number of nitrogens with one attached hydrogen (secondary N) is 3. The molecule has 4 aromatic carbocycles. The number of carboxylic acid groups (broad SMARTS) is 1. The Kier molecular flexibility index (Phi) is 14.1. The van der Waals surface area contributed by atoms with Crippen LogP contribution in [0.25, 0.3) is 10.8 Å². The predicted octanol–water partition coefficient (Wildman–Crippen LogP) is 7.38. The Labute approximate surface area is 349 Å². The van der Waals surface area contributed by atoms with E-state index >= 15 is 0 Å². The summed E-state index contributed by atoms with van der Waals surface area (Å²) in [6, 6.07) is 20.9. The lowest BCUT2D eigenvalue weighted by Crippen LogP contribution is -2.32. The second-order valence-corrected chi connectivity index (χ2v) is 16.8. The molecule has 0 aliphatic heterocycles. The molecule has 0 aliphatic rings. The Morgan fingerprint density at radius 1 is 0.883 bits per heavy atom. The lowest BCUT2D eigenvalue weighted by atomic mass is 9.86. The van der Waals surface area contributed by atoms with E-state index in [-0.39, 0.29) is 23.0 Å².